The van der Waals surface area contributed by atoms with Gasteiger partial charge >= 0.3 is 0 Å². The van der Waals surface area contributed by atoms with E-state index in [1.54, 1.807) is 31.3 Å². The van der Waals surface area contributed by atoms with Gasteiger partial charge in [0.25, 0.3) is 0 Å². The van der Waals surface area contributed by atoms with Crippen molar-refractivity contribution in [1.29, 1.82) is 0 Å². The Morgan fingerprint density at radius 1 is 0.973 bits per heavy atom. The van der Waals surface area contributed by atoms with Gasteiger partial charge in [0.05, 0.1) is 6.42 Å². The Balaban J connectivity index is 1.50. The highest BCUT2D eigenvalue weighted by molar-refractivity contribution is 5.92. The van der Waals surface area contributed by atoms with Crippen LogP contribution < -0.4 is 4.90 Å². The van der Waals surface area contributed by atoms with Gasteiger partial charge in [-0.15, -0.1) is 0 Å². The summed E-state index contributed by atoms with van der Waals surface area (Å²) in [6.45, 7) is 3.89. The number of fused-ring (bicyclic) bond motifs is 3. The number of aromatic nitrogens is 1. The Kier molecular flexibility index (Phi) is 7.60. The zero-order valence-electron chi connectivity index (χ0n) is 21.2. The lowest BCUT2D eigenvalue weighted by atomic mass is 10.1. The number of carbonyl (C=O) groups excluding carboxylic acids is 2. The molecule has 1 saturated heterocycles. The number of nitrogens with zero attached hydrogens (tertiary/aromatic N) is 4. The summed E-state index contributed by atoms with van der Waals surface area (Å²) in [6.07, 6.45) is 6.50. The van der Waals surface area contributed by atoms with Crippen molar-refractivity contribution < 1.29 is 14.0 Å². The largest absolute Gasteiger partial charge is 0.336 e. The van der Waals surface area contributed by atoms with Crippen LogP contribution in [0.3, 0.4) is 0 Å². The number of amides is 2. The van der Waals surface area contributed by atoms with Gasteiger partial charge in [0.2, 0.25) is 11.8 Å². The molecule has 2 atom stereocenters. The molecule has 2 aliphatic heterocycles. The summed E-state index contributed by atoms with van der Waals surface area (Å²) < 4.78 is 14.4. The Morgan fingerprint density at radius 3 is 2.54 bits per heavy atom. The number of benzene rings is 2. The van der Waals surface area contributed by atoms with E-state index in [0.717, 1.165) is 42.6 Å². The number of hydrogen-bond donors (Lipinski definition) is 0. The van der Waals surface area contributed by atoms with E-state index in [1.807, 2.05) is 46.3 Å². The number of carbonyl (C=O) groups is 2. The third kappa shape index (κ3) is 5.72. The standard InChI is InChI=1S/C30H33FN4O2/c1-22(36)34-16-14-26-12-13-27(35(26)19-23-7-6-15-32-18-23)21-33(20-25-9-3-5-11-29(25)34)30(37)17-24-8-2-4-10-28(24)31/h2-11,15,18,26-27H,12-14,16-17,19-21H2,1H3. The fourth-order valence-electron chi connectivity index (χ4n) is 5.75. The molecule has 2 unspecified atom stereocenters. The normalized spacial score (nSPS) is 20.3. The van der Waals surface area contributed by atoms with E-state index in [-0.39, 0.29) is 30.1 Å². The van der Waals surface area contributed by atoms with Crippen LogP contribution in [0.25, 0.3) is 0 Å². The van der Waals surface area contributed by atoms with Gasteiger partial charge in [-0.05, 0) is 54.2 Å². The van der Waals surface area contributed by atoms with E-state index >= 15 is 0 Å². The summed E-state index contributed by atoms with van der Waals surface area (Å²) >= 11 is 0. The lowest BCUT2D eigenvalue weighted by Crippen LogP contribution is -2.45. The van der Waals surface area contributed by atoms with Crippen LogP contribution in [0.5, 0.6) is 0 Å². The van der Waals surface area contributed by atoms with Crippen LogP contribution in [0.2, 0.25) is 0 Å². The Bertz CT molecular complexity index is 1250. The van der Waals surface area contributed by atoms with Crippen molar-refractivity contribution in [3.63, 3.8) is 0 Å². The molecule has 2 aromatic carbocycles. The second-order valence-electron chi connectivity index (χ2n) is 10.0. The fraction of sp³-hybridized carbons (Fsp3) is 0.367. The van der Waals surface area contributed by atoms with Crippen molar-refractivity contribution in [2.45, 2.75) is 57.8 Å². The molecular weight excluding hydrogens is 467 g/mol. The Labute approximate surface area is 217 Å². The molecule has 6 nitrogen and oxygen atoms in total. The van der Waals surface area contributed by atoms with Gasteiger partial charge in [-0.25, -0.2) is 4.39 Å². The fourth-order valence-corrected chi connectivity index (χ4v) is 5.75. The van der Waals surface area contributed by atoms with Gasteiger partial charge in [0.1, 0.15) is 5.82 Å². The molecule has 0 saturated carbocycles. The predicted molar refractivity (Wildman–Crippen MR) is 141 cm³/mol. The van der Waals surface area contributed by atoms with Gasteiger partial charge in [-0.3, -0.25) is 19.5 Å². The minimum absolute atomic E-state index is 0.00398. The highest BCUT2D eigenvalue weighted by atomic mass is 19.1. The monoisotopic (exact) mass is 500 g/mol. The van der Waals surface area contributed by atoms with Crippen molar-refractivity contribution in [3.8, 4) is 0 Å². The van der Waals surface area contributed by atoms with Gasteiger partial charge in [-0.2, -0.15) is 0 Å². The van der Waals surface area contributed by atoms with Crippen LogP contribution in [0, 0.1) is 5.82 Å². The second kappa shape index (κ2) is 11.2. The molecule has 7 heteroatoms. The summed E-state index contributed by atoms with van der Waals surface area (Å²) in [6, 6.07) is 18.8. The quantitative estimate of drug-likeness (QED) is 0.526. The first-order valence-electron chi connectivity index (χ1n) is 13.0. The highest BCUT2D eigenvalue weighted by Crippen LogP contribution is 2.32. The molecule has 0 aliphatic carbocycles. The van der Waals surface area contributed by atoms with E-state index in [4.69, 9.17) is 0 Å². The summed E-state index contributed by atoms with van der Waals surface area (Å²) in [7, 11) is 0. The van der Waals surface area contributed by atoms with Crippen LogP contribution in [0.1, 0.15) is 42.9 Å². The molecule has 2 bridgehead atoms. The lowest BCUT2D eigenvalue weighted by Gasteiger charge is -2.34. The molecule has 3 aromatic rings. The van der Waals surface area contributed by atoms with Gasteiger partial charge in [-0.1, -0.05) is 42.5 Å². The topological polar surface area (TPSA) is 56.8 Å². The minimum atomic E-state index is -0.365. The SMILES string of the molecule is CC(=O)N1CCC2CCC(CN(C(=O)Cc3ccccc3F)Cc3ccccc31)N2Cc1cccnc1. The van der Waals surface area contributed by atoms with Crippen LogP contribution in [-0.2, 0) is 29.1 Å². The summed E-state index contributed by atoms with van der Waals surface area (Å²) in [5.74, 6) is -0.487. The van der Waals surface area contributed by atoms with Crippen LogP contribution in [0.15, 0.2) is 73.1 Å². The van der Waals surface area contributed by atoms with Crippen molar-refractivity contribution in [1.82, 2.24) is 14.8 Å². The third-order valence-electron chi connectivity index (χ3n) is 7.65. The molecule has 3 heterocycles. The average Bonchev–Trinajstić information content (AvgIpc) is 3.25. The molecule has 0 radical (unpaired) electrons. The van der Waals surface area contributed by atoms with E-state index in [1.165, 1.54) is 6.07 Å². The van der Waals surface area contributed by atoms with E-state index in [0.29, 0.717) is 31.2 Å². The number of anilines is 1. The number of para-hydroxylation sites is 1. The Hall–Kier alpha value is -3.58. The molecule has 5 rings (SSSR count). The summed E-state index contributed by atoms with van der Waals surface area (Å²) in [5, 5.41) is 0. The molecule has 1 aromatic heterocycles. The predicted octanol–water partition coefficient (Wildman–Crippen LogP) is 4.58. The number of hydrogen-bond acceptors (Lipinski definition) is 4. The highest BCUT2D eigenvalue weighted by Gasteiger charge is 2.36. The Morgan fingerprint density at radius 2 is 1.76 bits per heavy atom. The number of halogens is 1. The first-order valence-corrected chi connectivity index (χ1v) is 13.0. The van der Waals surface area contributed by atoms with Crippen molar-refractivity contribution >= 4 is 17.5 Å². The number of pyridine rings is 1. The molecule has 1 fully saturated rings. The molecule has 192 valence electrons. The lowest BCUT2D eigenvalue weighted by molar-refractivity contribution is -0.132. The van der Waals surface area contributed by atoms with Crippen LogP contribution in [0.4, 0.5) is 10.1 Å². The van der Waals surface area contributed by atoms with Crippen LogP contribution >= 0.6 is 0 Å². The third-order valence-corrected chi connectivity index (χ3v) is 7.65. The van der Waals surface area contributed by atoms with E-state index in [9.17, 15) is 14.0 Å². The molecule has 2 amide bonds. The smallest absolute Gasteiger partial charge is 0.227 e. The average molecular weight is 501 g/mol. The number of rotatable bonds is 4. The maximum atomic E-state index is 14.4. The second-order valence-corrected chi connectivity index (χ2v) is 10.0. The minimum Gasteiger partial charge on any atom is -0.336 e. The van der Waals surface area contributed by atoms with Crippen LogP contribution in [-0.4, -0.2) is 51.8 Å². The van der Waals surface area contributed by atoms with Crippen molar-refractivity contribution in [2.24, 2.45) is 0 Å². The molecular formula is C30H33FN4O2. The van der Waals surface area contributed by atoms with Crippen molar-refractivity contribution in [3.05, 3.63) is 95.6 Å². The first kappa shape index (κ1) is 25.1. The molecule has 0 spiro atoms. The zero-order chi connectivity index (χ0) is 25.8. The molecule has 2 aliphatic rings. The van der Waals surface area contributed by atoms with Gasteiger partial charge in [0, 0.05) is 63.3 Å². The van der Waals surface area contributed by atoms with Gasteiger partial charge < -0.3 is 9.80 Å². The zero-order valence-corrected chi connectivity index (χ0v) is 21.2. The molecule has 37 heavy (non-hydrogen) atoms. The molecule has 0 N–H and O–H groups in total. The summed E-state index contributed by atoms with van der Waals surface area (Å²) in [4.78, 5) is 36.9. The first-order chi connectivity index (χ1) is 18.0. The van der Waals surface area contributed by atoms with Crippen molar-refractivity contribution in [2.75, 3.05) is 18.0 Å². The summed E-state index contributed by atoms with van der Waals surface area (Å²) in [5.41, 5.74) is 3.30. The maximum Gasteiger partial charge on any atom is 0.227 e. The maximum absolute atomic E-state index is 14.4. The van der Waals surface area contributed by atoms with E-state index in [2.05, 4.69) is 16.0 Å². The van der Waals surface area contributed by atoms with E-state index < -0.39 is 0 Å². The van der Waals surface area contributed by atoms with Gasteiger partial charge in [0.15, 0.2) is 0 Å².